The molecule has 2 fully saturated rings. The van der Waals surface area contributed by atoms with Crippen LogP contribution >= 0.6 is 0 Å². The average Bonchev–Trinajstić information content (AvgIpc) is 2.69. The monoisotopic (exact) mass is 332 g/mol. The fourth-order valence-corrected chi connectivity index (χ4v) is 4.30. The number of likely N-dealkylation sites (N-methyl/N-ethyl adjacent to an activating group) is 1. The molecule has 1 amide bonds. The molecule has 0 aromatic carbocycles. The number of aryl methyl sites for hydroxylation is 1. The molecule has 132 valence electrons. The van der Waals surface area contributed by atoms with Crippen LogP contribution in [0.5, 0.6) is 0 Å². The second-order valence-corrected chi connectivity index (χ2v) is 7.45. The van der Waals surface area contributed by atoms with Crippen LogP contribution in [0.2, 0.25) is 0 Å². The van der Waals surface area contributed by atoms with Gasteiger partial charge in [-0.2, -0.15) is 5.10 Å². The van der Waals surface area contributed by atoms with E-state index in [2.05, 4.69) is 24.0 Å². The molecule has 0 N–H and O–H groups in total. The number of carbonyl (C=O) groups excluding carboxylic acids is 1. The van der Waals surface area contributed by atoms with Crippen molar-refractivity contribution in [2.45, 2.75) is 64.1 Å². The summed E-state index contributed by atoms with van der Waals surface area (Å²) in [5.74, 6) is 0.0152. The number of likely N-dealkylation sites (tertiary alicyclic amines) is 2. The molecule has 6 nitrogen and oxygen atoms in total. The van der Waals surface area contributed by atoms with Gasteiger partial charge in [0.05, 0.1) is 5.69 Å². The second kappa shape index (κ2) is 6.67. The van der Waals surface area contributed by atoms with E-state index in [0.717, 1.165) is 44.5 Å². The van der Waals surface area contributed by atoms with Crippen LogP contribution < -0.4 is 5.56 Å². The summed E-state index contributed by atoms with van der Waals surface area (Å²) in [4.78, 5) is 29.4. The maximum atomic E-state index is 13.0. The van der Waals surface area contributed by atoms with Gasteiger partial charge >= 0.3 is 0 Å². The van der Waals surface area contributed by atoms with Crippen LogP contribution in [-0.4, -0.2) is 57.2 Å². The van der Waals surface area contributed by atoms with Crippen molar-refractivity contribution in [1.82, 2.24) is 19.6 Å². The smallest absolute Gasteiger partial charge is 0.267 e. The molecule has 2 saturated heterocycles. The summed E-state index contributed by atoms with van der Waals surface area (Å²) < 4.78 is 1.30. The lowest BCUT2D eigenvalue weighted by Crippen LogP contribution is -2.63. The zero-order valence-electron chi connectivity index (χ0n) is 15.0. The highest BCUT2D eigenvalue weighted by molar-refractivity contribution is 5.76. The van der Waals surface area contributed by atoms with Gasteiger partial charge in [-0.15, -0.1) is 0 Å². The third-order valence-corrected chi connectivity index (χ3v) is 5.87. The molecule has 2 aliphatic heterocycles. The van der Waals surface area contributed by atoms with Gasteiger partial charge in [0, 0.05) is 24.2 Å². The number of amides is 1. The van der Waals surface area contributed by atoms with E-state index in [1.165, 1.54) is 17.2 Å². The standard InChI is InChI=1S/C18H28N4O2/c1-14-8-9-16(23)22(19-14)13-17(24)21-12-6-10-18(2)15(21)7-4-5-11-20(18)3/h8-9,15H,4-7,10-13H2,1-3H3/t15-,18-/m0/s1. The first-order chi connectivity index (χ1) is 11.4. The third kappa shape index (κ3) is 3.11. The molecule has 0 radical (unpaired) electrons. The fourth-order valence-electron chi connectivity index (χ4n) is 4.30. The van der Waals surface area contributed by atoms with Gasteiger partial charge in [0.2, 0.25) is 5.91 Å². The normalized spacial score (nSPS) is 28.3. The van der Waals surface area contributed by atoms with Crippen molar-refractivity contribution in [2.24, 2.45) is 0 Å². The molecular weight excluding hydrogens is 304 g/mol. The molecule has 3 heterocycles. The summed E-state index contributed by atoms with van der Waals surface area (Å²) in [5, 5.41) is 4.21. The number of hydrogen-bond donors (Lipinski definition) is 0. The van der Waals surface area contributed by atoms with E-state index in [9.17, 15) is 9.59 Å². The Morgan fingerprint density at radius 1 is 1.29 bits per heavy atom. The van der Waals surface area contributed by atoms with Crippen LogP contribution in [0.3, 0.4) is 0 Å². The highest BCUT2D eigenvalue weighted by Crippen LogP contribution is 2.37. The number of nitrogens with zero attached hydrogens (tertiary/aromatic N) is 4. The van der Waals surface area contributed by atoms with E-state index in [4.69, 9.17) is 0 Å². The molecular formula is C18H28N4O2. The van der Waals surface area contributed by atoms with Gasteiger partial charge in [-0.05, 0) is 59.2 Å². The Labute approximate surface area is 143 Å². The molecule has 0 spiro atoms. The average molecular weight is 332 g/mol. The van der Waals surface area contributed by atoms with Crippen molar-refractivity contribution in [1.29, 1.82) is 0 Å². The molecule has 0 aliphatic carbocycles. The van der Waals surface area contributed by atoms with Crippen molar-refractivity contribution < 1.29 is 4.79 Å². The van der Waals surface area contributed by atoms with E-state index in [-0.39, 0.29) is 29.6 Å². The minimum Gasteiger partial charge on any atom is -0.336 e. The molecule has 0 saturated carbocycles. The zero-order valence-corrected chi connectivity index (χ0v) is 15.0. The summed E-state index contributed by atoms with van der Waals surface area (Å²) in [6, 6.07) is 3.39. The molecule has 2 aliphatic rings. The van der Waals surface area contributed by atoms with E-state index < -0.39 is 0 Å². The molecule has 0 unspecified atom stereocenters. The van der Waals surface area contributed by atoms with Crippen LogP contribution in [0.4, 0.5) is 0 Å². The summed E-state index contributed by atoms with van der Waals surface area (Å²) in [6.07, 6.45) is 5.52. The zero-order chi connectivity index (χ0) is 17.3. The van der Waals surface area contributed by atoms with E-state index >= 15 is 0 Å². The van der Waals surface area contributed by atoms with Crippen molar-refractivity contribution in [2.75, 3.05) is 20.1 Å². The van der Waals surface area contributed by atoms with Gasteiger partial charge in [-0.3, -0.25) is 14.5 Å². The molecule has 0 bridgehead atoms. The minimum atomic E-state index is -0.216. The molecule has 24 heavy (non-hydrogen) atoms. The van der Waals surface area contributed by atoms with E-state index in [1.54, 1.807) is 6.07 Å². The van der Waals surface area contributed by atoms with Crippen molar-refractivity contribution in [3.05, 3.63) is 28.2 Å². The molecule has 6 heteroatoms. The number of piperidine rings is 1. The Bertz CT molecular complexity index is 671. The molecule has 2 atom stereocenters. The number of rotatable bonds is 2. The van der Waals surface area contributed by atoms with Gasteiger partial charge in [0.1, 0.15) is 6.54 Å². The largest absolute Gasteiger partial charge is 0.336 e. The lowest BCUT2D eigenvalue weighted by atomic mass is 9.80. The van der Waals surface area contributed by atoms with Gasteiger partial charge in [-0.1, -0.05) is 6.42 Å². The molecule has 1 aromatic rings. The van der Waals surface area contributed by atoms with Crippen LogP contribution in [0.1, 0.15) is 44.7 Å². The minimum absolute atomic E-state index is 0.0152. The highest BCUT2D eigenvalue weighted by Gasteiger charge is 2.45. The Balaban J connectivity index is 1.83. The summed E-state index contributed by atoms with van der Waals surface area (Å²) >= 11 is 0. The first-order valence-electron chi connectivity index (χ1n) is 8.97. The highest BCUT2D eigenvalue weighted by atomic mass is 16.2. The quantitative estimate of drug-likeness (QED) is 0.822. The van der Waals surface area contributed by atoms with Gasteiger partial charge in [-0.25, -0.2) is 4.68 Å². The summed E-state index contributed by atoms with van der Waals surface area (Å²) in [6.45, 7) is 6.04. The summed E-state index contributed by atoms with van der Waals surface area (Å²) in [5.41, 5.74) is 0.571. The van der Waals surface area contributed by atoms with E-state index in [0.29, 0.717) is 0 Å². The number of hydrogen-bond acceptors (Lipinski definition) is 4. The predicted molar refractivity (Wildman–Crippen MR) is 92.9 cm³/mol. The van der Waals surface area contributed by atoms with Crippen molar-refractivity contribution in [3.8, 4) is 0 Å². The number of aromatic nitrogens is 2. The van der Waals surface area contributed by atoms with Gasteiger partial charge in [0.25, 0.3) is 5.56 Å². The van der Waals surface area contributed by atoms with Gasteiger partial charge < -0.3 is 4.90 Å². The van der Waals surface area contributed by atoms with Crippen molar-refractivity contribution in [3.63, 3.8) is 0 Å². The number of carbonyl (C=O) groups is 1. The predicted octanol–water partition coefficient (Wildman–Crippen LogP) is 1.42. The van der Waals surface area contributed by atoms with E-state index in [1.807, 2.05) is 11.8 Å². The second-order valence-electron chi connectivity index (χ2n) is 7.45. The fraction of sp³-hybridized carbons (Fsp3) is 0.722. The lowest BCUT2D eigenvalue weighted by Gasteiger charge is -2.51. The Kier molecular flexibility index (Phi) is 4.76. The van der Waals surface area contributed by atoms with Crippen LogP contribution in [0.25, 0.3) is 0 Å². The third-order valence-electron chi connectivity index (χ3n) is 5.87. The molecule has 1 aromatic heterocycles. The number of fused-ring (bicyclic) bond motifs is 1. The molecule has 3 rings (SSSR count). The maximum Gasteiger partial charge on any atom is 0.267 e. The SMILES string of the molecule is Cc1ccc(=O)n(CC(=O)N2CCC[C@@]3(C)[C@@H]2CCCCN3C)n1. The lowest BCUT2D eigenvalue weighted by molar-refractivity contribution is -0.141. The first kappa shape index (κ1) is 17.1. The Hall–Kier alpha value is -1.69. The van der Waals surface area contributed by atoms with Crippen molar-refractivity contribution >= 4 is 5.91 Å². The summed E-state index contributed by atoms with van der Waals surface area (Å²) in [7, 11) is 2.18. The van der Waals surface area contributed by atoms with Crippen LogP contribution in [0.15, 0.2) is 16.9 Å². The van der Waals surface area contributed by atoms with Crippen LogP contribution in [0, 0.1) is 6.92 Å². The van der Waals surface area contributed by atoms with Gasteiger partial charge in [0.15, 0.2) is 0 Å². The maximum absolute atomic E-state index is 13.0. The Morgan fingerprint density at radius 3 is 2.88 bits per heavy atom. The Morgan fingerprint density at radius 2 is 2.08 bits per heavy atom. The van der Waals surface area contributed by atoms with Crippen LogP contribution in [-0.2, 0) is 11.3 Å². The topological polar surface area (TPSA) is 58.4 Å². The first-order valence-corrected chi connectivity index (χ1v) is 8.97.